The summed E-state index contributed by atoms with van der Waals surface area (Å²) in [6, 6.07) is 4.03. The Morgan fingerprint density at radius 1 is 1.32 bits per heavy atom. The Labute approximate surface area is 121 Å². The summed E-state index contributed by atoms with van der Waals surface area (Å²) in [6.07, 6.45) is 0. The van der Waals surface area contributed by atoms with Gasteiger partial charge < -0.3 is 10.1 Å². The van der Waals surface area contributed by atoms with Crippen molar-refractivity contribution in [3.8, 4) is 5.75 Å². The van der Waals surface area contributed by atoms with E-state index in [4.69, 9.17) is 4.74 Å². The third-order valence-electron chi connectivity index (χ3n) is 3.21. The van der Waals surface area contributed by atoms with Crippen molar-refractivity contribution in [1.29, 1.82) is 0 Å². The van der Waals surface area contributed by atoms with Gasteiger partial charge in [0.25, 0.3) is 0 Å². The van der Waals surface area contributed by atoms with E-state index in [-0.39, 0.29) is 0 Å². The summed E-state index contributed by atoms with van der Waals surface area (Å²) in [7, 11) is 1.68. The topological polar surface area (TPSA) is 49.9 Å². The number of nitrogens with zero attached hydrogens (tertiary/aromatic N) is 1. The SMILES string of the molecule is COc1cc(Br)cc(C)c1NCc1c(C)n[nH]c1C. The third kappa shape index (κ3) is 2.92. The Kier molecular flexibility index (Phi) is 4.14. The monoisotopic (exact) mass is 323 g/mol. The molecule has 0 aliphatic carbocycles. The van der Waals surface area contributed by atoms with Crippen LogP contribution in [0.25, 0.3) is 0 Å². The van der Waals surface area contributed by atoms with E-state index >= 15 is 0 Å². The van der Waals surface area contributed by atoms with Crippen molar-refractivity contribution >= 4 is 21.6 Å². The second-order valence-electron chi connectivity index (χ2n) is 4.57. The molecular formula is C14H18BrN3O. The first-order chi connectivity index (χ1) is 9.02. The van der Waals surface area contributed by atoms with Crippen LogP contribution in [0.3, 0.4) is 0 Å². The van der Waals surface area contributed by atoms with Gasteiger partial charge in [0, 0.05) is 22.3 Å². The number of aromatic nitrogens is 2. The number of aromatic amines is 1. The Morgan fingerprint density at radius 3 is 2.63 bits per heavy atom. The van der Waals surface area contributed by atoms with Gasteiger partial charge in [-0.3, -0.25) is 5.10 Å². The molecule has 2 rings (SSSR count). The molecule has 0 unspecified atom stereocenters. The fraction of sp³-hybridized carbons (Fsp3) is 0.357. The van der Waals surface area contributed by atoms with E-state index < -0.39 is 0 Å². The van der Waals surface area contributed by atoms with Gasteiger partial charge in [-0.25, -0.2) is 0 Å². The molecule has 0 fully saturated rings. The van der Waals surface area contributed by atoms with Crippen molar-refractivity contribution in [3.63, 3.8) is 0 Å². The molecule has 5 heteroatoms. The molecule has 0 radical (unpaired) electrons. The molecule has 2 aromatic rings. The van der Waals surface area contributed by atoms with Crippen LogP contribution in [0.5, 0.6) is 5.75 Å². The zero-order valence-corrected chi connectivity index (χ0v) is 13.2. The Hall–Kier alpha value is -1.49. The van der Waals surface area contributed by atoms with Crippen LogP contribution >= 0.6 is 15.9 Å². The molecule has 0 saturated carbocycles. The summed E-state index contributed by atoms with van der Waals surface area (Å²) < 4.78 is 6.44. The predicted octanol–water partition coefficient (Wildman–Crippen LogP) is 3.72. The average molecular weight is 324 g/mol. The number of hydrogen-bond acceptors (Lipinski definition) is 3. The van der Waals surface area contributed by atoms with Gasteiger partial charge in [-0.1, -0.05) is 15.9 Å². The van der Waals surface area contributed by atoms with E-state index in [2.05, 4.69) is 44.4 Å². The second-order valence-corrected chi connectivity index (χ2v) is 5.48. The number of ether oxygens (including phenoxy) is 1. The number of rotatable bonds is 4. The summed E-state index contributed by atoms with van der Waals surface area (Å²) in [6.45, 7) is 6.83. The zero-order valence-electron chi connectivity index (χ0n) is 11.6. The highest BCUT2D eigenvalue weighted by molar-refractivity contribution is 9.10. The lowest BCUT2D eigenvalue weighted by Gasteiger charge is -2.14. The van der Waals surface area contributed by atoms with Crippen molar-refractivity contribution in [1.82, 2.24) is 10.2 Å². The van der Waals surface area contributed by atoms with E-state index in [1.165, 1.54) is 5.56 Å². The molecule has 0 aliphatic rings. The maximum atomic E-state index is 5.42. The largest absolute Gasteiger partial charge is 0.495 e. The lowest BCUT2D eigenvalue weighted by Crippen LogP contribution is -2.04. The van der Waals surface area contributed by atoms with E-state index in [0.29, 0.717) is 0 Å². The molecular weight excluding hydrogens is 306 g/mol. The molecule has 1 aromatic carbocycles. The molecule has 102 valence electrons. The van der Waals surface area contributed by atoms with E-state index in [0.717, 1.165) is 39.4 Å². The first-order valence-corrected chi connectivity index (χ1v) is 6.90. The normalized spacial score (nSPS) is 10.6. The predicted molar refractivity (Wildman–Crippen MR) is 80.8 cm³/mol. The number of hydrogen-bond donors (Lipinski definition) is 2. The Bertz CT molecular complexity index is 573. The third-order valence-corrected chi connectivity index (χ3v) is 3.66. The summed E-state index contributed by atoms with van der Waals surface area (Å²) in [5.74, 6) is 0.839. The van der Waals surface area contributed by atoms with Crippen LogP contribution in [-0.2, 0) is 6.54 Å². The molecule has 0 atom stereocenters. The van der Waals surface area contributed by atoms with Gasteiger partial charge in [0.2, 0.25) is 0 Å². The Morgan fingerprint density at radius 2 is 2.05 bits per heavy atom. The zero-order chi connectivity index (χ0) is 14.0. The minimum atomic E-state index is 0.729. The van der Waals surface area contributed by atoms with E-state index in [9.17, 15) is 0 Å². The summed E-state index contributed by atoms with van der Waals surface area (Å²) in [5, 5.41) is 10.6. The van der Waals surface area contributed by atoms with Crippen LogP contribution in [0.15, 0.2) is 16.6 Å². The van der Waals surface area contributed by atoms with Crippen molar-refractivity contribution in [3.05, 3.63) is 39.1 Å². The average Bonchev–Trinajstić information content (AvgIpc) is 2.67. The lowest BCUT2D eigenvalue weighted by molar-refractivity contribution is 0.416. The highest BCUT2D eigenvalue weighted by atomic mass is 79.9. The summed E-state index contributed by atoms with van der Waals surface area (Å²) >= 11 is 3.48. The van der Waals surface area contributed by atoms with Gasteiger partial charge in [-0.05, 0) is 38.5 Å². The molecule has 0 saturated heterocycles. The van der Waals surface area contributed by atoms with Crippen molar-refractivity contribution < 1.29 is 4.74 Å². The van der Waals surface area contributed by atoms with Gasteiger partial charge in [-0.2, -0.15) is 5.10 Å². The first-order valence-electron chi connectivity index (χ1n) is 6.11. The van der Waals surface area contributed by atoms with Gasteiger partial charge in [-0.15, -0.1) is 0 Å². The van der Waals surface area contributed by atoms with E-state index in [1.807, 2.05) is 19.9 Å². The number of H-pyrrole nitrogens is 1. The molecule has 2 N–H and O–H groups in total. The van der Waals surface area contributed by atoms with Crippen LogP contribution in [0, 0.1) is 20.8 Å². The minimum Gasteiger partial charge on any atom is -0.495 e. The number of nitrogens with one attached hydrogen (secondary N) is 2. The van der Waals surface area contributed by atoms with Crippen molar-refractivity contribution in [2.24, 2.45) is 0 Å². The molecule has 0 aliphatic heterocycles. The fourth-order valence-corrected chi connectivity index (χ4v) is 2.66. The molecule has 19 heavy (non-hydrogen) atoms. The van der Waals surface area contributed by atoms with Gasteiger partial charge in [0.15, 0.2) is 0 Å². The van der Waals surface area contributed by atoms with Gasteiger partial charge in [0.05, 0.1) is 18.5 Å². The smallest absolute Gasteiger partial charge is 0.143 e. The van der Waals surface area contributed by atoms with E-state index in [1.54, 1.807) is 7.11 Å². The number of methoxy groups -OCH3 is 1. The molecule has 0 spiro atoms. The number of aryl methyl sites for hydroxylation is 3. The maximum Gasteiger partial charge on any atom is 0.143 e. The van der Waals surface area contributed by atoms with Gasteiger partial charge >= 0.3 is 0 Å². The van der Waals surface area contributed by atoms with Crippen LogP contribution in [0.2, 0.25) is 0 Å². The maximum absolute atomic E-state index is 5.42. The van der Waals surface area contributed by atoms with Crippen molar-refractivity contribution in [2.75, 3.05) is 12.4 Å². The molecule has 4 nitrogen and oxygen atoms in total. The minimum absolute atomic E-state index is 0.729. The van der Waals surface area contributed by atoms with Crippen LogP contribution in [-0.4, -0.2) is 17.3 Å². The highest BCUT2D eigenvalue weighted by Crippen LogP contribution is 2.32. The number of benzene rings is 1. The number of anilines is 1. The summed E-state index contributed by atoms with van der Waals surface area (Å²) in [5.41, 5.74) is 5.48. The Balaban J connectivity index is 2.25. The molecule has 1 heterocycles. The van der Waals surface area contributed by atoms with Crippen LogP contribution in [0.4, 0.5) is 5.69 Å². The summed E-state index contributed by atoms with van der Waals surface area (Å²) in [4.78, 5) is 0. The fourth-order valence-electron chi connectivity index (χ4n) is 2.11. The first kappa shape index (κ1) is 13.9. The second kappa shape index (κ2) is 5.65. The van der Waals surface area contributed by atoms with Crippen LogP contribution < -0.4 is 10.1 Å². The van der Waals surface area contributed by atoms with Gasteiger partial charge in [0.1, 0.15) is 5.75 Å². The number of halogens is 1. The lowest BCUT2D eigenvalue weighted by atomic mass is 10.1. The highest BCUT2D eigenvalue weighted by Gasteiger charge is 2.10. The molecule has 0 bridgehead atoms. The molecule has 1 aromatic heterocycles. The molecule has 0 amide bonds. The van der Waals surface area contributed by atoms with Crippen LogP contribution in [0.1, 0.15) is 22.5 Å². The van der Waals surface area contributed by atoms with Crippen molar-refractivity contribution in [2.45, 2.75) is 27.3 Å². The standard InChI is InChI=1S/C14H18BrN3O/c1-8-5-11(15)6-13(19-4)14(8)16-7-12-9(2)17-18-10(12)3/h5-6,16H,7H2,1-4H3,(H,17,18). The quantitative estimate of drug-likeness (QED) is 0.901.